The number of aromatic nitrogens is 4. The number of phenolic OH excluding ortho intramolecular Hbond substituents is 1. The van der Waals surface area contributed by atoms with Crippen LogP contribution in [0, 0.1) is 5.82 Å². The average molecular weight is 402 g/mol. The van der Waals surface area contributed by atoms with Crippen LogP contribution in [0.4, 0.5) is 16.2 Å². The zero-order chi connectivity index (χ0) is 21.2. The average Bonchev–Trinajstić information content (AvgIpc) is 3.05. The maximum absolute atomic E-state index is 13.5. The fraction of sp³-hybridized carbons (Fsp3) is 0.450. The van der Waals surface area contributed by atoms with Crippen LogP contribution in [-0.4, -0.2) is 41.9 Å². The second-order valence-electron chi connectivity index (χ2n) is 7.93. The Morgan fingerprint density at radius 2 is 1.97 bits per heavy atom. The molecule has 9 heteroatoms. The molecule has 8 nitrogen and oxygen atoms in total. The monoisotopic (exact) mass is 402 g/mol. The Hall–Kier alpha value is -2.94. The van der Waals surface area contributed by atoms with Gasteiger partial charge in [0.1, 0.15) is 11.6 Å². The van der Waals surface area contributed by atoms with Crippen LogP contribution in [0.3, 0.4) is 0 Å². The van der Waals surface area contributed by atoms with Gasteiger partial charge in [-0.25, -0.2) is 9.37 Å². The molecule has 4 N–H and O–H groups in total. The number of benzene rings is 1. The standard InChI is InChI=1S/C20H27FN6O2/c1-12(2)27-11-24-16-17(23-10-13-9-14(21)5-6-15(13)28)25-19(26-18(16)27)22-8-7-20(3,4)29/h5-6,9,11-12,28-29H,7-8,10H2,1-4H3,(H2,22,23,25,26). The van der Waals surface area contributed by atoms with E-state index >= 15 is 0 Å². The molecule has 2 heterocycles. The number of nitrogens with zero attached hydrogens (tertiary/aromatic N) is 4. The first kappa shape index (κ1) is 20.8. The molecular formula is C20H27FN6O2. The normalized spacial score (nSPS) is 12.0. The van der Waals surface area contributed by atoms with Crippen molar-refractivity contribution >= 4 is 22.9 Å². The fourth-order valence-corrected chi connectivity index (χ4v) is 2.85. The summed E-state index contributed by atoms with van der Waals surface area (Å²) in [5.41, 5.74) is 0.859. The molecule has 0 saturated heterocycles. The Morgan fingerprint density at radius 1 is 1.21 bits per heavy atom. The van der Waals surface area contributed by atoms with Crippen LogP contribution < -0.4 is 10.6 Å². The summed E-state index contributed by atoms with van der Waals surface area (Å²) in [6.07, 6.45) is 2.23. The molecule has 0 aliphatic heterocycles. The van der Waals surface area contributed by atoms with Gasteiger partial charge in [0.25, 0.3) is 0 Å². The summed E-state index contributed by atoms with van der Waals surface area (Å²) in [5, 5.41) is 26.1. The summed E-state index contributed by atoms with van der Waals surface area (Å²) in [7, 11) is 0. The van der Waals surface area contributed by atoms with Crippen LogP contribution in [0.1, 0.15) is 45.7 Å². The number of phenols is 1. The van der Waals surface area contributed by atoms with Crippen LogP contribution in [0.5, 0.6) is 5.75 Å². The molecule has 3 rings (SSSR count). The fourth-order valence-electron chi connectivity index (χ4n) is 2.85. The van der Waals surface area contributed by atoms with Crippen molar-refractivity contribution < 1.29 is 14.6 Å². The third-order valence-corrected chi connectivity index (χ3v) is 4.49. The van der Waals surface area contributed by atoms with E-state index in [9.17, 15) is 14.6 Å². The van der Waals surface area contributed by atoms with Gasteiger partial charge >= 0.3 is 0 Å². The van der Waals surface area contributed by atoms with Gasteiger partial charge in [-0.3, -0.25) is 0 Å². The van der Waals surface area contributed by atoms with Gasteiger partial charge in [-0.15, -0.1) is 0 Å². The van der Waals surface area contributed by atoms with Gasteiger partial charge in [0.05, 0.1) is 11.9 Å². The molecule has 0 atom stereocenters. The first-order valence-corrected chi connectivity index (χ1v) is 9.56. The third kappa shape index (κ3) is 5.11. The number of hydrogen-bond acceptors (Lipinski definition) is 7. The van der Waals surface area contributed by atoms with Crippen molar-refractivity contribution in [3.05, 3.63) is 35.9 Å². The number of aliphatic hydroxyl groups is 1. The van der Waals surface area contributed by atoms with Gasteiger partial charge in [0.2, 0.25) is 5.95 Å². The first-order chi connectivity index (χ1) is 13.6. The van der Waals surface area contributed by atoms with Gasteiger partial charge in [-0.05, 0) is 52.3 Å². The van der Waals surface area contributed by atoms with E-state index in [1.165, 1.54) is 18.2 Å². The van der Waals surface area contributed by atoms with Crippen molar-refractivity contribution in [3.8, 4) is 5.75 Å². The van der Waals surface area contributed by atoms with E-state index in [1.807, 2.05) is 18.4 Å². The molecule has 0 saturated carbocycles. The molecule has 0 amide bonds. The Balaban J connectivity index is 1.90. The lowest BCUT2D eigenvalue weighted by Crippen LogP contribution is -2.23. The highest BCUT2D eigenvalue weighted by Gasteiger charge is 2.17. The summed E-state index contributed by atoms with van der Waals surface area (Å²) in [6, 6.07) is 3.95. The lowest BCUT2D eigenvalue weighted by Gasteiger charge is -2.17. The minimum absolute atomic E-state index is 0.000403. The van der Waals surface area contributed by atoms with Crippen molar-refractivity contribution in [1.82, 2.24) is 19.5 Å². The van der Waals surface area contributed by atoms with E-state index in [2.05, 4.69) is 25.6 Å². The largest absolute Gasteiger partial charge is 0.508 e. The molecule has 0 bridgehead atoms. The van der Waals surface area contributed by atoms with Crippen LogP contribution in [-0.2, 0) is 6.54 Å². The molecule has 1 aromatic carbocycles. The number of anilines is 2. The number of nitrogens with one attached hydrogen (secondary N) is 2. The first-order valence-electron chi connectivity index (χ1n) is 9.56. The molecule has 156 valence electrons. The Kier molecular flexibility index (Phi) is 5.88. The second kappa shape index (κ2) is 8.20. The number of fused-ring (bicyclic) bond motifs is 1. The minimum atomic E-state index is -0.799. The summed E-state index contributed by atoms with van der Waals surface area (Å²) in [4.78, 5) is 13.5. The molecule has 3 aromatic rings. The van der Waals surface area contributed by atoms with Crippen LogP contribution in [0.15, 0.2) is 24.5 Å². The summed E-state index contributed by atoms with van der Waals surface area (Å²) in [6.45, 7) is 8.21. The van der Waals surface area contributed by atoms with E-state index in [1.54, 1.807) is 20.2 Å². The lowest BCUT2D eigenvalue weighted by atomic mass is 10.1. The lowest BCUT2D eigenvalue weighted by molar-refractivity contribution is 0.0748. The van der Waals surface area contributed by atoms with E-state index in [-0.39, 0.29) is 18.3 Å². The molecule has 29 heavy (non-hydrogen) atoms. The number of halogens is 1. The maximum atomic E-state index is 13.5. The maximum Gasteiger partial charge on any atom is 0.226 e. The van der Waals surface area contributed by atoms with Gasteiger partial charge in [-0.1, -0.05) is 0 Å². The van der Waals surface area contributed by atoms with Crippen molar-refractivity contribution in [1.29, 1.82) is 0 Å². The van der Waals surface area contributed by atoms with Crippen molar-refractivity contribution in [2.24, 2.45) is 0 Å². The van der Waals surface area contributed by atoms with Crippen LogP contribution in [0.2, 0.25) is 0 Å². The topological polar surface area (TPSA) is 108 Å². The molecular weight excluding hydrogens is 375 g/mol. The molecule has 0 aliphatic rings. The van der Waals surface area contributed by atoms with Crippen LogP contribution in [0.25, 0.3) is 11.2 Å². The number of imidazole rings is 1. The van der Waals surface area contributed by atoms with E-state index in [0.29, 0.717) is 41.5 Å². The SMILES string of the molecule is CC(C)n1cnc2c(NCc3cc(F)ccc3O)nc(NCCC(C)(C)O)nc21. The van der Waals surface area contributed by atoms with Crippen LogP contribution >= 0.6 is 0 Å². The van der Waals surface area contributed by atoms with E-state index < -0.39 is 11.4 Å². The summed E-state index contributed by atoms with van der Waals surface area (Å²) < 4.78 is 15.4. The predicted molar refractivity (Wildman–Crippen MR) is 111 cm³/mol. The van der Waals surface area contributed by atoms with Gasteiger partial charge in [0.15, 0.2) is 17.0 Å². The second-order valence-corrected chi connectivity index (χ2v) is 7.93. The molecule has 0 spiro atoms. The van der Waals surface area contributed by atoms with Gasteiger partial charge in [-0.2, -0.15) is 9.97 Å². The zero-order valence-corrected chi connectivity index (χ0v) is 17.1. The Bertz CT molecular complexity index is 997. The zero-order valence-electron chi connectivity index (χ0n) is 17.1. The van der Waals surface area contributed by atoms with Crippen molar-refractivity contribution in [3.63, 3.8) is 0 Å². The molecule has 0 radical (unpaired) electrons. The van der Waals surface area contributed by atoms with Crippen molar-refractivity contribution in [2.75, 3.05) is 17.2 Å². The number of aromatic hydroxyl groups is 1. The van der Waals surface area contributed by atoms with Gasteiger partial charge in [0, 0.05) is 24.7 Å². The Morgan fingerprint density at radius 3 is 2.66 bits per heavy atom. The smallest absolute Gasteiger partial charge is 0.226 e. The van der Waals surface area contributed by atoms with E-state index in [0.717, 1.165) is 0 Å². The highest BCUT2D eigenvalue weighted by atomic mass is 19.1. The van der Waals surface area contributed by atoms with Gasteiger partial charge < -0.3 is 25.4 Å². The minimum Gasteiger partial charge on any atom is -0.508 e. The summed E-state index contributed by atoms with van der Waals surface area (Å²) >= 11 is 0. The van der Waals surface area contributed by atoms with Crippen molar-refractivity contribution in [2.45, 2.75) is 52.3 Å². The number of hydrogen-bond donors (Lipinski definition) is 4. The molecule has 0 unspecified atom stereocenters. The predicted octanol–water partition coefficient (Wildman–Crippen LogP) is 3.44. The quantitative estimate of drug-likeness (QED) is 0.457. The number of rotatable bonds is 8. The summed E-state index contributed by atoms with van der Waals surface area (Å²) in [5.74, 6) is 0.449. The highest BCUT2D eigenvalue weighted by Crippen LogP contribution is 2.25. The highest BCUT2D eigenvalue weighted by molar-refractivity contribution is 5.84. The Labute approximate surface area is 168 Å². The molecule has 0 aliphatic carbocycles. The third-order valence-electron chi connectivity index (χ3n) is 4.49. The van der Waals surface area contributed by atoms with E-state index in [4.69, 9.17) is 0 Å². The molecule has 0 fully saturated rings. The molecule has 2 aromatic heterocycles.